The van der Waals surface area contributed by atoms with Gasteiger partial charge in [0.2, 0.25) is 4.77 Å². The van der Waals surface area contributed by atoms with Gasteiger partial charge >= 0.3 is 0 Å². The third-order valence-corrected chi connectivity index (χ3v) is 3.37. The summed E-state index contributed by atoms with van der Waals surface area (Å²) in [7, 11) is 2.68. The Morgan fingerprint density at radius 2 is 2.12 bits per heavy atom. The lowest BCUT2D eigenvalue weighted by Crippen LogP contribution is -2.25. The van der Waals surface area contributed by atoms with E-state index in [0.717, 1.165) is 10.9 Å². The standard InChI is InChI=1S/C14H14N4O5S/c1-7-12(19)18(14(24)17-16-7)15-6-8-4-5-9(22-2)11(23-3)10(8)13(20)21/h4-6H,1-3H3,(H,17,24)(H,20,21)/p-1/b15-6-. The molecule has 2 aromatic rings. The van der Waals surface area contributed by atoms with Crippen LogP contribution in [-0.2, 0) is 0 Å². The molecular weight excluding hydrogens is 336 g/mol. The van der Waals surface area contributed by atoms with E-state index in [0.29, 0.717) is 0 Å². The van der Waals surface area contributed by atoms with Gasteiger partial charge < -0.3 is 19.4 Å². The smallest absolute Gasteiger partial charge is 0.296 e. The summed E-state index contributed by atoms with van der Waals surface area (Å²) >= 11 is 4.94. The van der Waals surface area contributed by atoms with Crippen molar-refractivity contribution in [3.05, 3.63) is 44.1 Å². The number of carbonyl (C=O) groups excluding carboxylic acids is 1. The summed E-state index contributed by atoms with van der Waals surface area (Å²) in [5.74, 6) is -1.26. The summed E-state index contributed by atoms with van der Waals surface area (Å²) in [6.07, 6.45) is 1.16. The van der Waals surface area contributed by atoms with Gasteiger partial charge in [-0.1, -0.05) is 0 Å². The first-order valence-corrected chi connectivity index (χ1v) is 7.00. The molecule has 0 spiro atoms. The Morgan fingerprint density at radius 3 is 2.71 bits per heavy atom. The molecular formula is C14H13N4O5S-. The monoisotopic (exact) mass is 349 g/mol. The molecule has 0 aliphatic carbocycles. The molecule has 0 amide bonds. The third kappa shape index (κ3) is 3.18. The number of carboxylic acids is 1. The highest BCUT2D eigenvalue weighted by Gasteiger charge is 2.15. The van der Waals surface area contributed by atoms with Gasteiger partial charge in [-0.25, -0.2) is 0 Å². The number of carbonyl (C=O) groups is 1. The number of hydrogen-bond acceptors (Lipinski definition) is 8. The summed E-state index contributed by atoms with van der Waals surface area (Å²) in [5, 5.41) is 21.6. The molecule has 0 bridgehead atoms. The lowest BCUT2D eigenvalue weighted by Gasteiger charge is -2.15. The number of benzene rings is 1. The molecule has 9 nitrogen and oxygen atoms in total. The summed E-state index contributed by atoms with van der Waals surface area (Å²) < 4.78 is 11.0. The van der Waals surface area contributed by atoms with Crippen LogP contribution in [0.3, 0.4) is 0 Å². The molecule has 10 heteroatoms. The van der Waals surface area contributed by atoms with Gasteiger partial charge in [0, 0.05) is 5.56 Å². The molecule has 0 fully saturated rings. The van der Waals surface area contributed by atoms with Crippen molar-refractivity contribution in [3.8, 4) is 11.5 Å². The largest absolute Gasteiger partial charge is 0.545 e. The Kier molecular flexibility index (Phi) is 5.09. The van der Waals surface area contributed by atoms with Crippen LogP contribution in [0.25, 0.3) is 0 Å². The fourth-order valence-electron chi connectivity index (χ4n) is 1.96. The van der Waals surface area contributed by atoms with Gasteiger partial charge in [-0.05, 0) is 31.3 Å². The fourth-order valence-corrected chi connectivity index (χ4v) is 2.13. The molecule has 0 saturated heterocycles. The number of carboxylic acid groups (broad SMARTS) is 1. The minimum absolute atomic E-state index is 0.00938. The topological polar surface area (TPSA) is 122 Å². The molecule has 0 saturated carbocycles. The Morgan fingerprint density at radius 1 is 1.42 bits per heavy atom. The van der Waals surface area contributed by atoms with Crippen LogP contribution in [0.5, 0.6) is 11.5 Å². The average molecular weight is 349 g/mol. The van der Waals surface area contributed by atoms with E-state index in [1.165, 1.54) is 33.3 Å². The Balaban J connectivity index is 2.63. The van der Waals surface area contributed by atoms with E-state index in [1.807, 2.05) is 0 Å². The van der Waals surface area contributed by atoms with Crippen molar-refractivity contribution in [2.24, 2.45) is 5.10 Å². The first-order valence-electron chi connectivity index (χ1n) is 6.59. The molecule has 24 heavy (non-hydrogen) atoms. The predicted molar refractivity (Wildman–Crippen MR) is 85.3 cm³/mol. The fraction of sp³-hybridized carbons (Fsp3) is 0.214. The van der Waals surface area contributed by atoms with E-state index >= 15 is 0 Å². The van der Waals surface area contributed by atoms with E-state index in [4.69, 9.17) is 21.7 Å². The zero-order chi connectivity index (χ0) is 17.9. The number of nitrogens with zero attached hydrogens (tertiary/aromatic N) is 3. The SMILES string of the molecule is COc1ccc(/C=N\n2c(=S)[nH]nc(C)c2=O)c(C(=O)[O-])c1OC. The quantitative estimate of drug-likeness (QED) is 0.589. The zero-order valence-corrected chi connectivity index (χ0v) is 13.8. The first kappa shape index (κ1) is 17.3. The van der Waals surface area contributed by atoms with Crippen molar-refractivity contribution in [2.75, 3.05) is 14.2 Å². The lowest BCUT2D eigenvalue weighted by molar-refractivity contribution is -0.255. The summed E-state index contributed by atoms with van der Waals surface area (Å²) in [5.41, 5.74) is -0.462. The number of aromatic carboxylic acids is 1. The number of H-pyrrole nitrogens is 1. The molecule has 1 aromatic carbocycles. The second-order valence-electron chi connectivity index (χ2n) is 4.53. The Labute approximate surface area is 141 Å². The first-order chi connectivity index (χ1) is 11.4. The van der Waals surface area contributed by atoms with E-state index in [9.17, 15) is 14.7 Å². The number of methoxy groups -OCH3 is 2. The van der Waals surface area contributed by atoms with Crippen LogP contribution < -0.4 is 20.1 Å². The summed E-state index contributed by atoms with van der Waals surface area (Å²) in [4.78, 5) is 23.4. The van der Waals surface area contributed by atoms with Crippen molar-refractivity contribution in [1.29, 1.82) is 0 Å². The van der Waals surface area contributed by atoms with E-state index in [1.54, 1.807) is 0 Å². The van der Waals surface area contributed by atoms with E-state index < -0.39 is 11.5 Å². The van der Waals surface area contributed by atoms with Gasteiger partial charge in [0.25, 0.3) is 5.56 Å². The van der Waals surface area contributed by atoms with Crippen molar-refractivity contribution in [3.63, 3.8) is 0 Å². The number of nitrogens with one attached hydrogen (secondary N) is 1. The van der Waals surface area contributed by atoms with Gasteiger partial charge in [0.15, 0.2) is 11.5 Å². The highest BCUT2D eigenvalue weighted by molar-refractivity contribution is 7.71. The minimum atomic E-state index is -1.48. The molecule has 1 aromatic heterocycles. The van der Waals surface area contributed by atoms with Crippen LogP contribution in [0.1, 0.15) is 21.6 Å². The van der Waals surface area contributed by atoms with Gasteiger partial charge in [-0.2, -0.15) is 14.9 Å². The normalized spacial score (nSPS) is 10.8. The van der Waals surface area contributed by atoms with E-state index in [2.05, 4.69) is 15.3 Å². The second kappa shape index (κ2) is 7.04. The van der Waals surface area contributed by atoms with Crippen LogP contribution >= 0.6 is 12.2 Å². The van der Waals surface area contributed by atoms with Gasteiger partial charge in [0.1, 0.15) is 5.69 Å². The Bertz CT molecular complexity index is 932. The minimum Gasteiger partial charge on any atom is -0.545 e. The van der Waals surface area contributed by atoms with Gasteiger partial charge in [-0.15, -0.1) is 0 Å². The molecule has 2 rings (SSSR count). The maximum Gasteiger partial charge on any atom is 0.296 e. The summed E-state index contributed by atoms with van der Waals surface area (Å²) in [6.45, 7) is 1.49. The molecule has 126 valence electrons. The van der Waals surface area contributed by atoms with Crippen molar-refractivity contribution < 1.29 is 19.4 Å². The molecule has 0 aliphatic heterocycles. The number of hydrogen-bond donors (Lipinski definition) is 1. The number of aromatic nitrogens is 3. The second-order valence-corrected chi connectivity index (χ2v) is 4.92. The van der Waals surface area contributed by atoms with Crippen molar-refractivity contribution in [2.45, 2.75) is 6.92 Å². The molecule has 1 N–H and O–H groups in total. The van der Waals surface area contributed by atoms with Crippen LogP contribution in [0.2, 0.25) is 0 Å². The van der Waals surface area contributed by atoms with Crippen molar-refractivity contribution >= 4 is 24.4 Å². The maximum absolute atomic E-state index is 12.0. The van der Waals surface area contributed by atoms with E-state index in [-0.39, 0.29) is 33.1 Å². The number of aromatic amines is 1. The Hall–Kier alpha value is -3.01. The lowest BCUT2D eigenvalue weighted by atomic mass is 10.1. The molecule has 1 heterocycles. The predicted octanol–water partition coefficient (Wildman–Crippen LogP) is -0.128. The molecule has 0 radical (unpaired) electrons. The van der Waals surface area contributed by atoms with Crippen LogP contribution in [0.4, 0.5) is 0 Å². The molecule has 0 unspecified atom stereocenters. The third-order valence-electron chi connectivity index (χ3n) is 3.11. The van der Waals surface area contributed by atoms with Crippen LogP contribution in [-0.4, -0.2) is 41.3 Å². The maximum atomic E-state index is 12.0. The number of aryl methyl sites for hydroxylation is 1. The molecule has 0 aliphatic rings. The highest BCUT2D eigenvalue weighted by atomic mass is 32.1. The van der Waals surface area contributed by atoms with Crippen LogP contribution in [0, 0.1) is 11.7 Å². The average Bonchev–Trinajstić information content (AvgIpc) is 2.57. The zero-order valence-electron chi connectivity index (χ0n) is 13.0. The summed E-state index contributed by atoms with van der Waals surface area (Å²) in [6, 6.07) is 2.95. The number of rotatable bonds is 5. The molecule has 0 atom stereocenters. The highest BCUT2D eigenvalue weighted by Crippen LogP contribution is 2.32. The van der Waals surface area contributed by atoms with Crippen LogP contribution in [0.15, 0.2) is 22.0 Å². The number of ether oxygens (including phenoxy) is 2. The van der Waals surface area contributed by atoms with Gasteiger partial charge in [-0.3, -0.25) is 9.89 Å². The van der Waals surface area contributed by atoms with Gasteiger partial charge in [0.05, 0.1) is 32.0 Å². The van der Waals surface area contributed by atoms with Crippen molar-refractivity contribution in [1.82, 2.24) is 14.9 Å².